The van der Waals surface area contributed by atoms with Gasteiger partial charge in [0.15, 0.2) is 23.6 Å². The van der Waals surface area contributed by atoms with Crippen LogP contribution in [0.3, 0.4) is 0 Å². The first-order valence-electron chi connectivity index (χ1n) is 12.8. The van der Waals surface area contributed by atoms with E-state index < -0.39 is 11.7 Å². The lowest BCUT2D eigenvalue weighted by Gasteiger charge is -2.32. The van der Waals surface area contributed by atoms with Gasteiger partial charge >= 0.3 is 6.18 Å². The Kier molecular flexibility index (Phi) is 7.87. The van der Waals surface area contributed by atoms with Crippen LogP contribution in [0.5, 0.6) is 0 Å². The van der Waals surface area contributed by atoms with Crippen molar-refractivity contribution in [2.24, 2.45) is 11.8 Å². The first-order valence-corrected chi connectivity index (χ1v) is 12.8. The lowest BCUT2D eigenvalue weighted by Crippen LogP contribution is -2.31. The molecule has 1 N–H and O–H groups in total. The highest BCUT2D eigenvalue weighted by molar-refractivity contribution is 5.87. The summed E-state index contributed by atoms with van der Waals surface area (Å²) in [6, 6.07) is 5.22. The van der Waals surface area contributed by atoms with E-state index in [0.29, 0.717) is 47.2 Å². The minimum absolute atomic E-state index is 0.0460. The first-order chi connectivity index (χ1) is 17.5. The number of nitrogens with zero attached hydrogens (tertiary/aromatic N) is 5. The number of benzene rings is 1. The number of nitrogens with one attached hydrogen (secondary N) is 1. The Hall–Kier alpha value is -3.01. The molecule has 200 valence electrons. The Morgan fingerprint density at radius 2 is 1.78 bits per heavy atom. The van der Waals surface area contributed by atoms with Gasteiger partial charge in [0.25, 0.3) is 0 Å². The zero-order valence-electron chi connectivity index (χ0n) is 22.0. The van der Waals surface area contributed by atoms with E-state index in [2.05, 4.69) is 41.0 Å². The maximum atomic E-state index is 13.1. The summed E-state index contributed by atoms with van der Waals surface area (Å²) in [5, 5.41) is 3.50. The number of imidazole rings is 1. The molecule has 1 unspecified atom stereocenters. The average Bonchev–Trinajstić information content (AvgIpc) is 3.14. The summed E-state index contributed by atoms with van der Waals surface area (Å²) >= 11 is 0. The molecule has 0 saturated heterocycles. The lowest BCUT2D eigenvalue weighted by atomic mass is 9.80. The number of rotatable bonds is 10. The standard InChI is InChI=1S/C27H35F3N6O/c1-16(2)13-35(5)18(4)26-34-25-23(36(26)14-19-9-11-21(12-10-19)27(28,29)30)24(32-22(15-37)33-25)31-17(3)20-7-6-8-20/h9-12,15-18,20H,6-8,13-14H2,1-5H3,(H,31,32,33)/t17-,18?/m1/s1. The summed E-state index contributed by atoms with van der Waals surface area (Å²) in [6.45, 7) is 9.56. The maximum Gasteiger partial charge on any atom is 0.416 e. The van der Waals surface area contributed by atoms with E-state index in [-0.39, 0.29) is 17.9 Å². The maximum absolute atomic E-state index is 13.1. The predicted octanol–water partition coefficient (Wildman–Crippen LogP) is 5.96. The van der Waals surface area contributed by atoms with E-state index in [1.807, 2.05) is 18.5 Å². The van der Waals surface area contributed by atoms with Gasteiger partial charge in [0, 0.05) is 19.1 Å². The molecule has 3 aromatic rings. The number of hydrogen-bond acceptors (Lipinski definition) is 6. The van der Waals surface area contributed by atoms with Crippen molar-refractivity contribution in [3.8, 4) is 0 Å². The summed E-state index contributed by atoms with van der Waals surface area (Å²) in [5.74, 6) is 2.24. The Balaban J connectivity index is 1.82. The molecule has 1 saturated carbocycles. The molecule has 0 spiro atoms. The number of hydrogen-bond donors (Lipinski definition) is 1. The van der Waals surface area contributed by atoms with Gasteiger partial charge in [-0.1, -0.05) is 32.4 Å². The molecular formula is C27H35F3N6O. The molecule has 37 heavy (non-hydrogen) atoms. The summed E-state index contributed by atoms with van der Waals surface area (Å²) in [5.41, 5.74) is 1.06. The van der Waals surface area contributed by atoms with Gasteiger partial charge in [0.1, 0.15) is 11.3 Å². The first kappa shape index (κ1) is 27.0. The van der Waals surface area contributed by atoms with Crippen LogP contribution in [0.4, 0.5) is 19.0 Å². The van der Waals surface area contributed by atoms with E-state index in [9.17, 15) is 18.0 Å². The fourth-order valence-electron chi connectivity index (χ4n) is 4.89. The second-order valence-corrected chi connectivity index (χ2v) is 10.6. The average molecular weight is 517 g/mol. The Morgan fingerprint density at radius 3 is 2.32 bits per heavy atom. The molecule has 2 atom stereocenters. The molecule has 1 fully saturated rings. The molecule has 2 aromatic heterocycles. The van der Waals surface area contributed by atoms with Crippen molar-refractivity contribution in [1.82, 2.24) is 24.4 Å². The zero-order valence-corrected chi connectivity index (χ0v) is 22.0. The predicted molar refractivity (Wildman–Crippen MR) is 138 cm³/mol. The summed E-state index contributed by atoms with van der Waals surface area (Å²) in [7, 11) is 2.02. The van der Waals surface area contributed by atoms with Crippen LogP contribution in [0.15, 0.2) is 24.3 Å². The van der Waals surface area contributed by atoms with Gasteiger partial charge in [-0.2, -0.15) is 13.2 Å². The number of alkyl halides is 3. The minimum atomic E-state index is -4.40. The van der Waals surface area contributed by atoms with Gasteiger partial charge < -0.3 is 9.88 Å². The normalized spacial score (nSPS) is 16.3. The second kappa shape index (κ2) is 10.8. The third kappa shape index (κ3) is 5.95. The van der Waals surface area contributed by atoms with Crippen molar-refractivity contribution < 1.29 is 18.0 Å². The van der Waals surface area contributed by atoms with Crippen LogP contribution in [0.25, 0.3) is 11.2 Å². The van der Waals surface area contributed by atoms with Crippen molar-refractivity contribution in [3.63, 3.8) is 0 Å². The van der Waals surface area contributed by atoms with Crippen molar-refractivity contribution in [2.75, 3.05) is 18.9 Å². The van der Waals surface area contributed by atoms with E-state index in [1.165, 1.54) is 18.6 Å². The van der Waals surface area contributed by atoms with Gasteiger partial charge in [0.05, 0.1) is 11.6 Å². The van der Waals surface area contributed by atoms with Crippen molar-refractivity contribution in [3.05, 3.63) is 47.0 Å². The molecule has 4 rings (SSSR count). The van der Waals surface area contributed by atoms with Crippen molar-refractivity contribution >= 4 is 23.3 Å². The van der Waals surface area contributed by atoms with Gasteiger partial charge in [0.2, 0.25) is 0 Å². The Labute approximate surface area is 215 Å². The number of carbonyl (C=O) groups excluding carboxylic acids is 1. The number of aromatic nitrogens is 4. The van der Waals surface area contributed by atoms with Gasteiger partial charge in [-0.25, -0.2) is 15.0 Å². The molecule has 7 nitrogen and oxygen atoms in total. The minimum Gasteiger partial charge on any atom is -0.365 e. The van der Waals surface area contributed by atoms with Crippen molar-refractivity contribution in [1.29, 1.82) is 0 Å². The number of aldehydes is 1. The molecule has 1 aliphatic rings. The number of anilines is 1. The van der Waals surface area contributed by atoms with E-state index in [1.54, 1.807) is 0 Å². The number of halogens is 3. The fourth-order valence-corrected chi connectivity index (χ4v) is 4.89. The highest BCUT2D eigenvalue weighted by Crippen LogP contribution is 2.34. The smallest absolute Gasteiger partial charge is 0.365 e. The van der Waals surface area contributed by atoms with Crippen LogP contribution in [0.1, 0.15) is 80.6 Å². The number of carbonyl (C=O) groups is 1. The molecule has 1 aromatic carbocycles. The molecule has 2 heterocycles. The molecule has 10 heteroatoms. The van der Waals surface area contributed by atoms with E-state index in [0.717, 1.165) is 37.3 Å². The van der Waals surface area contributed by atoms with Crippen LogP contribution in [0, 0.1) is 11.8 Å². The summed E-state index contributed by atoms with van der Waals surface area (Å²) in [6.07, 6.45) is -0.313. The molecule has 0 radical (unpaired) electrons. The number of fused-ring (bicyclic) bond motifs is 1. The summed E-state index contributed by atoms with van der Waals surface area (Å²) < 4.78 is 41.4. The third-order valence-corrected chi connectivity index (χ3v) is 7.29. The fraction of sp³-hybridized carbons (Fsp3) is 0.556. The SMILES string of the molecule is CC(C)CN(C)C(C)c1nc2nc(C=O)nc(N[C@H](C)C3CCC3)c2n1Cc1ccc(C(F)(F)F)cc1. The highest BCUT2D eigenvalue weighted by Gasteiger charge is 2.31. The monoisotopic (exact) mass is 516 g/mol. The molecule has 1 aliphatic carbocycles. The van der Waals surface area contributed by atoms with Gasteiger partial charge in [-0.15, -0.1) is 0 Å². The van der Waals surface area contributed by atoms with Crippen LogP contribution < -0.4 is 5.32 Å². The van der Waals surface area contributed by atoms with Crippen LogP contribution in [-0.4, -0.2) is 50.3 Å². The molecule has 0 bridgehead atoms. The zero-order chi connectivity index (χ0) is 26.9. The molecule has 0 aliphatic heterocycles. The Morgan fingerprint density at radius 1 is 1.11 bits per heavy atom. The van der Waals surface area contributed by atoms with E-state index >= 15 is 0 Å². The van der Waals surface area contributed by atoms with Crippen LogP contribution in [0.2, 0.25) is 0 Å². The van der Waals surface area contributed by atoms with Crippen LogP contribution >= 0.6 is 0 Å². The quantitative estimate of drug-likeness (QED) is 0.336. The lowest BCUT2D eigenvalue weighted by molar-refractivity contribution is -0.137. The second-order valence-electron chi connectivity index (χ2n) is 10.6. The molecule has 0 amide bonds. The Bertz CT molecular complexity index is 1230. The van der Waals surface area contributed by atoms with Gasteiger partial charge in [-0.3, -0.25) is 9.69 Å². The topological polar surface area (TPSA) is 75.9 Å². The van der Waals surface area contributed by atoms with Crippen LogP contribution in [-0.2, 0) is 12.7 Å². The molecular weight excluding hydrogens is 481 g/mol. The van der Waals surface area contributed by atoms with Crippen molar-refractivity contribution in [2.45, 2.75) is 71.8 Å². The third-order valence-electron chi connectivity index (χ3n) is 7.29. The largest absolute Gasteiger partial charge is 0.416 e. The highest BCUT2D eigenvalue weighted by atomic mass is 19.4. The van der Waals surface area contributed by atoms with Gasteiger partial charge in [-0.05, 0) is 63.3 Å². The van der Waals surface area contributed by atoms with E-state index in [4.69, 9.17) is 4.98 Å². The summed E-state index contributed by atoms with van der Waals surface area (Å²) in [4.78, 5) is 27.6.